The van der Waals surface area contributed by atoms with Crippen LogP contribution in [0.5, 0.6) is 0 Å². The monoisotopic (exact) mass is 242 g/mol. The molecule has 2 rings (SSSR count). The van der Waals surface area contributed by atoms with E-state index < -0.39 is 0 Å². The zero-order chi connectivity index (χ0) is 13.0. The summed E-state index contributed by atoms with van der Waals surface area (Å²) < 4.78 is 0. The average Bonchev–Trinajstić information content (AvgIpc) is 2.39. The first-order valence-corrected chi connectivity index (χ1v) is 5.89. The summed E-state index contributed by atoms with van der Waals surface area (Å²) in [5.41, 5.74) is 6.23. The number of hydrogen-bond donors (Lipinski definition) is 2. The second kappa shape index (κ2) is 5.51. The molecule has 2 aromatic rings. The van der Waals surface area contributed by atoms with Crippen LogP contribution in [0.2, 0.25) is 0 Å². The van der Waals surface area contributed by atoms with Gasteiger partial charge in [-0.05, 0) is 36.2 Å². The molecule has 0 radical (unpaired) electrons. The molecule has 0 unspecified atom stereocenters. The van der Waals surface area contributed by atoms with Crippen molar-refractivity contribution in [1.29, 1.82) is 0 Å². The lowest BCUT2D eigenvalue weighted by molar-refractivity contribution is 0.914. The molecule has 1 heterocycles. The smallest absolute Gasteiger partial charge is 0.140 e. The van der Waals surface area contributed by atoms with E-state index in [1.807, 2.05) is 12.1 Å². The number of hydrazine groups is 1. The van der Waals surface area contributed by atoms with Crippen molar-refractivity contribution < 1.29 is 0 Å². The van der Waals surface area contributed by atoms with E-state index in [0.29, 0.717) is 5.82 Å². The van der Waals surface area contributed by atoms with E-state index in [2.05, 4.69) is 53.5 Å². The first-order chi connectivity index (χ1) is 8.70. The molecule has 0 saturated carbocycles. The fourth-order valence-electron chi connectivity index (χ4n) is 2.00. The van der Waals surface area contributed by atoms with Crippen molar-refractivity contribution in [2.45, 2.75) is 13.5 Å². The number of para-hydroxylation sites is 1. The van der Waals surface area contributed by atoms with E-state index in [0.717, 1.165) is 6.54 Å². The molecule has 0 aliphatic heterocycles. The Balaban J connectivity index is 2.16. The molecule has 3 N–H and O–H groups in total. The van der Waals surface area contributed by atoms with Gasteiger partial charge in [0, 0.05) is 25.5 Å². The van der Waals surface area contributed by atoms with Crippen LogP contribution in [0.3, 0.4) is 0 Å². The molecule has 0 atom stereocenters. The van der Waals surface area contributed by atoms with Gasteiger partial charge in [-0.3, -0.25) is 0 Å². The van der Waals surface area contributed by atoms with Gasteiger partial charge in [0.2, 0.25) is 0 Å². The Hall–Kier alpha value is -2.07. The van der Waals surface area contributed by atoms with Gasteiger partial charge in [0.15, 0.2) is 0 Å². The van der Waals surface area contributed by atoms with Crippen LogP contribution in [0.1, 0.15) is 11.1 Å². The molecule has 4 heteroatoms. The highest BCUT2D eigenvalue weighted by atomic mass is 15.2. The van der Waals surface area contributed by atoms with Crippen molar-refractivity contribution in [1.82, 2.24) is 4.98 Å². The average molecular weight is 242 g/mol. The summed E-state index contributed by atoms with van der Waals surface area (Å²) in [6.45, 7) is 2.94. The lowest BCUT2D eigenvalue weighted by Crippen LogP contribution is -2.18. The fourth-order valence-corrected chi connectivity index (χ4v) is 2.00. The van der Waals surface area contributed by atoms with Gasteiger partial charge >= 0.3 is 0 Å². The third-order valence-corrected chi connectivity index (χ3v) is 2.92. The number of pyridine rings is 1. The Labute approximate surface area is 107 Å². The van der Waals surface area contributed by atoms with Gasteiger partial charge in [-0.25, -0.2) is 10.8 Å². The van der Waals surface area contributed by atoms with E-state index in [4.69, 9.17) is 5.84 Å². The number of aromatic nitrogens is 1. The predicted molar refractivity (Wildman–Crippen MR) is 75.3 cm³/mol. The van der Waals surface area contributed by atoms with Gasteiger partial charge in [0.25, 0.3) is 0 Å². The number of anilines is 2. The van der Waals surface area contributed by atoms with Crippen molar-refractivity contribution in [3.63, 3.8) is 0 Å². The summed E-state index contributed by atoms with van der Waals surface area (Å²) in [5, 5.41) is 0. The molecule has 18 heavy (non-hydrogen) atoms. The van der Waals surface area contributed by atoms with Crippen molar-refractivity contribution >= 4 is 11.5 Å². The second-order valence-corrected chi connectivity index (χ2v) is 4.34. The van der Waals surface area contributed by atoms with E-state index in [1.54, 1.807) is 6.20 Å². The molecule has 0 bridgehead atoms. The number of rotatable bonds is 4. The molecular formula is C14H18N4. The number of nitrogens with one attached hydrogen (secondary N) is 1. The Morgan fingerprint density at radius 1 is 1.28 bits per heavy atom. The summed E-state index contributed by atoms with van der Waals surface area (Å²) in [4.78, 5) is 6.31. The molecule has 4 nitrogen and oxygen atoms in total. The fraction of sp³-hybridized carbons (Fsp3) is 0.214. The highest BCUT2D eigenvalue weighted by molar-refractivity contribution is 5.53. The zero-order valence-corrected chi connectivity index (χ0v) is 10.7. The minimum Gasteiger partial charge on any atom is -0.370 e. The number of hydrogen-bond acceptors (Lipinski definition) is 4. The Morgan fingerprint density at radius 2 is 2.06 bits per heavy atom. The van der Waals surface area contributed by atoms with Gasteiger partial charge in [-0.1, -0.05) is 18.2 Å². The molecule has 0 fully saturated rings. The summed E-state index contributed by atoms with van der Waals surface area (Å²) in [6.07, 6.45) is 1.76. The summed E-state index contributed by atoms with van der Waals surface area (Å²) >= 11 is 0. The van der Waals surface area contributed by atoms with E-state index in [1.165, 1.54) is 16.8 Å². The standard InChI is InChI=1S/C14H18N4/c1-11-5-3-4-6-13(11)18(2)10-12-7-8-16-14(9-12)17-15/h3-9H,10,15H2,1-2H3,(H,16,17). The first-order valence-electron chi connectivity index (χ1n) is 5.89. The van der Waals surface area contributed by atoms with E-state index in [9.17, 15) is 0 Å². The molecule has 94 valence electrons. The molecular weight excluding hydrogens is 224 g/mol. The van der Waals surface area contributed by atoms with Crippen LogP contribution in [-0.2, 0) is 6.54 Å². The quantitative estimate of drug-likeness (QED) is 0.638. The lowest BCUT2D eigenvalue weighted by atomic mass is 10.1. The highest BCUT2D eigenvalue weighted by Crippen LogP contribution is 2.20. The maximum atomic E-state index is 5.36. The maximum Gasteiger partial charge on any atom is 0.140 e. The molecule has 0 aliphatic carbocycles. The molecule has 0 amide bonds. The van der Waals surface area contributed by atoms with Crippen LogP contribution in [0, 0.1) is 6.92 Å². The van der Waals surface area contributed by atoms with Crippen molar-refractivity contribution in [3.8, 4) is 0 Å². The normalized spacial score (nSPS) is 10.2. The zero-order valence-electron chi connectivity index (χ0n) is 10.7. The molecule has 0 saturated heterocycles. The van der Waals surface area contributed by atoms with E-state index in [-0.39, 0.29) is 0 Å². The highest BCUT2D eigenvalue weighted by Gasteiger charge is 2.05. The number of aryl methyl sites for hydroxylation is 1. The SMILES string of the molecule is Cc1ccccc1N(C)Cc1ccnc(NN)c1. The third-order valence-electron chi connectivity index (χ3n) is 2.92. The van der Waals surface area contributed by atoms with Crippen LogP contribution >= 0.6 is 0 Å². The number of nitrogens with zero attached hydrogens (tertiary/aromatic N) is 2. The van der Waals surface area contributed by atoms with Gasteiger partial charge in [0.1, 0.15) is 5.82 Å². The van der Waals surface area contributed by atoms with Gasteiger partial charge in [0.05, 0.1) is 0 Å². The number of nitrogens with two attached hydrogens (primary N) is 1. The topological polar surface area (TPSA) is 54.2 Å². The van der Waals surface area contributed by atoms with Crippen LogP contribution in [0.15, 0.2) is 42.6 Å². The molecule has 0 spiro atoms. The maximum absolute atomic E-state index is 5.36. The molecule has 0 aliphatic rings. The lowest BCUT2D eigenvalue weighted by Gasteiger charge is -2.21. The van der Waals surface area contributed by atoms with Crippen LogP contribution in [0.4, 0.5) is 11.5 Å². The van der Waals surface area contributed by atoms with Crippen molar-refractivity contribution in [3.05, 3.63) is 53.7 Å². The van der Waals surface area contributed by atoms with Crippen molar-refractivity contribution in [2.24, 2.45) is 5.84 Å². The van der Waals surface area contributed by atoms with Crippen LogP contribution in [-0.4, -0.2) is 12.0 Å². The van der Waals surface area contributed by atoms with Crippen LogP contribution < -0.4 is 16.2 Å². The second-order valence-electron chi connectivity index (χ2n) is 4.34. The van der Waals surface area contributed by atoms with Gasteiger partial charge in [-0.15, -0.1) is 0 Å². The van der Waals surface area contributed by atoms with Gasteiger partial charge in [-0.2, -0.15) is 0 Å². The Bertz CT molecular complexity index is 525. The molecule has 1 aromatic carbocycles. The largest absolute Gasteiger partial charge is 0.370 e. The minimum absolute atomic E-state index is 0.686. The summed E-state index contributed by atoms with van der Waals surface area (Å²) in [7, 11) is 2.08. The summed E-state index contributed by atoms with van der Waals surface area (Å²) in [6, 6.07) is 12.3. The minimum atomic E-state index is 0.686. The van der Waals surface area contributed by atoms with Crippen LogP contribution in [0.25, 0.3) is 0 Å². The van der Waals surface area contributed by atoms with Gasteiger partial charge < -0.3 is 10.3 Å². The first kappa shape index (κ1) is 12.4. The third kappa shape index (κ3) is 2.78. The predicted octanol–water partition coefficient (Wildman–Crippen LogP) is 2.31. The van der Waals surface area contributed by atoms with E-state index >= 15 is 0 Å². The number of nitrogen functional groups attached to an aromatic ring is 1. The summed E-state index contributed by atoms with van der Waals surface area (Å²) in [5.74, 6) is 6.04. The number of benzene rings is 1. The van der Waals surface area contributed by atoms with Crippen molar-refractivity contribution in [2.75, 3.05) is 17.4 Å². The Morgan fingerprint density at radius 3 is 2.78 bits per heavy atom. The Kier molecular flexibility index (Phi) is 3.79. The molecule has 1 aromatic heterocycles.